The number of amides is 1. The monoisotopic (exact) mass is 274 g/mol. The molecule has 0 heterocycles. The van der Waals surface area contributed by atoms with Crippen molar-refractivity contribution in [3.8, 4) is 6.07 Å². The van der Waals surface area contributed by atoms with Crippen LogP contribution in [0.2, 0.25) is 0 Å². The summed E-state index contributed by atoms with van der Waals surface area (Å²) < 4.78 is 66.1. The molecular weight excluding hydrogens is 263 g/mol. The molecule has 0 aromatic heterocycles. The van der Waals surface area contributed by atoms with E-state index in [4.69, 9.17) is 5.26 Å². The Balaban J connectivity index is 4.89. The lowest BCUT2D eigenvalue weighted by Gasteiger charge is -2.27. The van der Waals surface area contributed by atoms with Gasteiger partial charge in [-0.05, 0) is 0 Å². The van der Waals surface area contributed by atoms with Gasteiger partial charge in [-0.2, -0.15) is 27.2 Å². The lowest BCUT2D eigenvalue weighted by molar-refractivity contribution is -0.274. The van der Waals surface area contributed by atoms with Gasteiger partial charge in [-0.3, -0.25) is 4.79 Å². The Labute approximate surface area is 99.9 Å². The molecule has 0 N–H and O–H groups in total. The van der Waals surface area contributed by atoms with Crippen LogP contribution in [0.1, 0.15) is 6.42 Å². The molecule has 0 aliphatic heterocycles. The van der Waals surface area contributed by atoms with Crippen molar-refractivity contribution in [3.63, 3.8) is 0 Å². The number of hydrogen-bond acceptors (Lipinski definition) is 3. The van der Waals surface area contributed by atoms with Gasteiger partial charge in [0.2, 0.25) is 0 Å². The van der Waals surface area contributed by atoms with Crippen LogP contribution in [-0.2, 0) is 9.53 Å². The van der Waals surface area contributed by atoms with Gasteiger partial charge in [0, 0.05) is 20.2 Å². The van der Waals surface area contributed by atoms with Gasteiger partial charge in [0.25, 0.3) is 0 Å². The maximum absolute atomic E-state index is 12.8. The predicted octanol–water partition coefficient (Wildman–Crippen LogP) is 1.57. The van der Waals surface area contributed by atoms with Crippen LogP contribution >= 0.6 is 0 Å². The van der Waals surface area contributed by atoms with Gasteiger partial charge in [-0.15, -0.1) is 0 Å². The number of nitrogens with zero attached hydrogens (tertiary/aromatic N) is 2. The van der Waals surface area contributed by atoms with Crippen molar-refractivity contribution in [2.75, 3.05) is 26.8 Å². The maximum Gasteiger partial charge on any atom is 0.463 e. The number of alkyl halides is 5. The zero-order chi connectivity index (χ0) is 14.4. The van der Waals surface area contributed by atoms with E-state index in [1.807, 2.05) is 0 Å². The Morgan fingerprint density at radius 2 is 1.83 bits per heavy atom. The molecular formula is C9H11F5N2O2. The van der Waals surface area contributed by atoms with Crippen LogP contribution in [0.3, 0.4) is 0 Å². The van der Waals surface area contributed by atoms with Crippen LogP contribution in [-0.4, -0.2) is 49.7 Å². The van der Waals surface area contributed by atoms with Crippen LogP contribution in [0.5, 0.6) is 0 Å². The number of halogens is 5. The SMILES string of the molecule is COCCN(CCC#N)C(=O)C(F)(F)C(F)(F)F. The number of ether oxygens (including phenoxy) is 1. The maximum atomic E-state index is 12.8. The van der Waals surface area contributed by atoms with Crippen molar-refractivity contribution in [1.29, 1.82) is 5.26 Å². The fraction of sp³-hybridized carbons (Fsp3) is 0.778. The molecule has 0 unspecified atom stereocenters. The highest BCUT2D eigenvalue weighted by molar-refractivity contribution is 5.84. The molecule has 0 bridgehead atoms. The molecule has 0 aromatic rings. The minimum atomic E-state index is -5.96. The molecule has 0 aliphatic rings. The number of hydrogen-bond donors (Lipinski definition) is 0. The molecule has 0 spiro atoms. The summed E-state index contributed by atoms with van der Waals surface area (Å²) in [6, 6.07) is 1.56. The van der Waals surface area contributed by atoms with E-state index < -0.39 is 31.1 Å². The standard InChI is InChI=1S/C9H11F5N2O2/c1-18-6-5-16(4-2-3-15)7(17)8(10,11)9(12,13)14/h2,4-6H2,1H3. The van der Waals surface area contributed by atoms with Crippen LogP contribution < -0.4 is 0 Å². The van der Waals surface area contributed by atoms with Crippen LogP contribution in [0.25, 0.3) is 0 Å². The molecule has 0 atom stereocenters. The molecule has 1 amide bonds. The van der Waals surface area contributed by atoms with Gasteiger partial charge >= 0.3 is 18.0 Å². The number of nitriles is 1. The van der Waals surface area contributed by atoms with Crippen molar-refractivity contribution in [1.82, 2.24) is 4.90 Å². The van der Waals surface area contributed by atoms with E-state index in [1.165, 1.54) is 7.11 Å². The van der Waals surface area contributed by atoms with Crippen LogP contribution in [0.15, 0.2) is 0 Å². The number of methoxy groups -OCH3 is 1. The Kier molecular flexibility index (Phi) is 5.97. The minimum Gasteiger partial charge on any atom is -0.383 e. The van der Waals surface area contributed by atoms with Crippen molar-refractivity contribution in [2.24, 2.45) is 0 Å². The molecule has 0 radical (unpaired) electrons. The largest absolute Gasteiger partial charge is 0.463 e. The van der Waals surface area contributed by atoms with Crippen molar-refractivity contribution < 1.29 is 31.5 Å². The summed E-state index contributed by atoms with van der Waals surface area (Å²) in [5, 5.41) is 8.26. The molecule has 0 fully saturated rings. The van der Waals surface area contributed by atoms with Gasteiger partial charge < -0.3 is 9.64 Å². The first-order valence-corrected chi connectivity index (χ1v) is 4.78. The lowest BCUT2D eigenvalue weighted by Crippen LogP contribution is -2.53. The first-order valence-electron chi connectivity index (χ1n) is 4.78. The number of rotatable bonds is 6. The highest BCUT2D eigenvalue weighted by Gasteiger charge is 2.64. The summed E-state index contributed by atoms with van der Waals surface area (Å²) in [6.07, 6.45) is -6.30. The molecule has 104 valence electrons. The summed E-state index contributed by atoms with van der Waals surface area (Å²) >= 11 is 0. The zero-order valence-electron chi connectivity index (χ0n) is 9.43. The topological polar surface area (TPSA) is 53.3 Å². The second-order valence-electron chi connectivity index (χ2n) is 3.27. The van der Waals surface area contributed by atoms with E-state index in [1.54, 1.807) is 6.07 Å². The molecule has 0 saturated heterocycles. The Morgan fingerprint density at radius 1 is 1.28 bits per heavy atom. The minimum absolute atomic E-state index is 0.203. The fourth-order valence-electron chi connectivity index (χ4n) is 1.02. The molecule has 0 aliphatic carbocycles. The van der Waals surface area contributed by atoms with Gasteiger partial charge in [0.15, 0.2) is 0 Å². The molecule has 18 heavy (non-hydrogen) atoms. The van der Waals surface area contributed by atoms with Crippen LogP contribution in [0.4, 0.5) is 22.0 Å². The van der Waals surface area contributed by atoms with E-state index in [2.05, 4.69) is 4.74 Å². The summed E-state index contributed by atoms with van der Waals surface area (Å²) in [6.45, 7) is -1.15. The second kappa shape index (κ2) is 6.49. The third-order valence-corrected chi connectivity index (χ3v) is 1.97. The van der Waals surface area contributed by atoms with E-state index in [-0.39, 0.29) is 17.9 Å². The predicted molar refractivity (Wildman–Crippen MR) is 49.7 cm³/mol. The van der Waals surface area contributed by atoms with Gasteiger partial charge in [-0.25, -0.2) is 0 Å². The molecule has 4 nitrogen and oxygen atoms in total. The van der Waals surface area contributed by atoms with Gasteiger partial charge in [0.05, 0.1) is 19.1 Å². The molecule has 0 aromatic carbocycles. The van der Waals surface area contributed by atoms with E-state index in [9.17, 15) is 26.7 Å². The number of carbonyl (C=O) groups excluding carboxylic acids is 1. The highest BCUT2D eigenvalue weighted by atomic mass is 19.4. The molecule has 9 heteroatoms. The molecule has 0 saturated carbocycles. The summed E-state index contributed by atoms with van der Waals surface area (Å²) in [7, 11) is 1.20. The third kappa shape index (κ3) is 4.10. The average Bonchev–Trinajstić information content (AvgIpc) is 2.27. The summed E-state index contributed by atoms with van der Waals surface area (Å²) in [5.74, 6) is -7.83. The summed E-state index contributed by atoms with van der Waals surface area (Å²) in [5.41, 5.74) is 0. The zero-order valence-corrected chi connectivity index (χ0v) is 9.43. The Hall–Kier alpha value is -1.43. The van der Waals surface area contributed by atoms with E-state index in [0.717, 1.165) is 0 Å². The first-order chi connectivity index (χ1) is 8.18. The first kappa shape index (κ1) is 16.6. The lowest BCUT2D eigenvalue weighted by atomic mass is 10.2. The van der Waals surface area contributed by atoms with Crippen LogP contribution in [0, 0.1) is 11.3 Å². The fourth-order valence-corrected chi connectivity index (χ4v) is 1.02. The van der Waals surface area contributed by atoms with E-state index >= 15 is 0 Å². The highest BCUT2D eigenvalue weighted by Crippen LogP contribution is 2.36. The van der Waals surface area contributed by atoms with Crippen molar-refractivity contribution in [2.45, 2.75) is 18.5 Å². The average molecular weight is 274 g/mol. The van der Waals surface area contributed by atoms with Gasteiger partial charge in [-0.1, -0.05) is 0 Å². The van der Waals surface area contributed by atoms with Crippen molar-refractivity contribution >= 4 is 5.91 Å². The third-order valence-electron chi connectivity index (χ3n) is 1.97. The molecule has 0 rings (SSSR count). The normalized spacial score (nSPS) is 12.1. The second-order valence-corrected chi connectivity index (χ2v) is 3.27. The quantitative estimate of drug-likeness (QED) is 0.691. The van der Waals surface area contributed by atoms with Crippen molar-refractivity contribution in [3.05, 3.63) is 0 Å². The Bertz CT molecular complexity index is 324. The summed E-state index contributed by atoms with van der Waals surface area (Å²) in [4.78, 5) is 11.4. The smallest absolute Gasteiger partial charge is 0.383 e. The number of carbonyl (C=O) groups is 1. The van der Waals surface area contributed by atoms with E-state index in [0.29, 0.717) is 0 Å². The van der Waals surface area contributed by atoms with Gasteiger partial charge in [0.1, 0.15) is 0 Å². The Morgan fingerprint density at radius 3 is 2.22 bits per heavy atom.